The van der Waals surface area contributed by atoms with Crippen molar-refractivity contribution in [1.29, 1.82) is 0 Å². The van der Waals surface area contributed by atoms with Crippen LogP contribution < -0.4 is 4.74 Å². The van der Waals surface area contributed by atoms with Crippen molar-refractivity contribution >= 4 is 23.5 Å². The number of para-hydroxylation sites is 1. The fraction of sp³-hybridized carbons (Fsp3) is 0.333. The molecule has 3 aromatic rings. The van der Waals surface area contributed by atoms with Crippen LogP contribution in [0.25, 0.3) is 5.78 Å². The lowest BCUT2D eigenvalue weighted by molar-refractivity contribution is -0.144. The van der Waals surface area contributed by atoms with Crippen LogP contribution in [-0.4, -0.2) is 38.9 Å². The number of hydrogen-bond acceptors (Lipinski definition) is 7. The molecule has 2 heterocycles. The topological polar surface area (TPSA) is 78.6 Å². The molecule has 3 rings (SSSR count). The van der Waals surface area contributed by atoms with Crippen LogP contribution in [0.4, 0.5) is 0 Å². The van der Waals surface area contributed by atoms with Crippen molar-refractivity contribution in [1.82, 2.24) is 19.6 Å². The molecule has 136 valence electrons. The first-order chi connectivity index (χ1) is 12.5. The predicted molar refractivity (Wildman–Crippen MR) is 98.5 cm³/mol. The van der Waals surface area contributed by atoms with Gasteiger partial charge in [-0.25, -0.2) is 9.50 Å². The quantitative estimate of drug-likeness (QED) is 0.486. The summed E-state index contributed by atoms with van der Waals surface area (Å²) < 4.78 is 12.4. The Labute approximate surface area is 155 Å². The molecular weight excluding hydrogens is 352 g/mol. The fourth-order valence-corrected chi connectivity index (χ4v) is 3.04. The average Bonchev–Trinajstić information content (AvgIpc) is 3.07. The zero-order valence-electron chi connectivity index (χ0n) is 15.1. The summed E-state index contributed by atoms with van der Waals surface area (Å²) in [6.07, 6.45) is 2.04. The molecule has 1 aromatic carbocycles. The van der Waals surface area contributed by atoms with Crippen LogP contribution in [0.5, 0.6) is 5.75 Å². The molecule has 0 aliphatic rings. The van der Waals surface area contributed by atoms with E-state index >= 15 is 0 Å². The standard InChI is InChI=1S/C18H20N4O3S/c1-11-14(12(2)22-17(19-11)20-18(21-22)26-4)9-16(23)25-10-13-7-5-6-8-15(13)24-3/h5-8H,9-10H2,1-4H3. The van der Waals surface area contributed by atoms with E-state index in [0.29, 0.717) is 16.7 Å². The van der Waals surface area contributed by atoms with Gasteiger partial charge in [-0.05, 0) is 26.2 Å². The van der Waals surface area contributed by atoms with Crippen LogP contribution in [0.15, 0.2) is 29.4 Å². The maximum atomic E-state index is 12.3. The van der Waals surface area contributed by atoms with E-state index in [1.807, 2.05) is 44.4 Å². The third-order valence-corrected chi connectivity index (χ3v) is 4.65. The summed E-state index contributed by atoms with van der Waals surface area (Å²) >= 11 is 1.45. The Morgan fingerprint density at radius 2 is 2.00 bits per heavy atom. The van der Waals surface area contributed by atoms with E-state index < -0.39 is 0 Å². The van der Waals surface area contributed by atoms with Crippen LogP contribution >= 0.6 is 11.8 Å². The molecule has 7 nitrogen and oxygen atoms in total. The largest absolute Gasteiger partial charge is 0.496 e. The Morgan fingerprint density at radius 3 is 2.73 bits per heavy atom. The number of carbonyl (C=O) groups excluding carboxylic acids is 1. The number of methoxy groups -OCH3 is 1. The van der Waals surface area contributed by atoms with E-state index in [9.17, 15) is 4.79 Å². The maximum absolute atomic E-state index is 12.3. The van der Waals surface area contributed by atoms with Crippen molar-refractivity contribution in [2.24, 2.45) is 0 Å². The molecule has 0 atom stereocenters. The summed E-state index contributed by atoms with van der Waals surface area (Å²) in [5.74, 6) is 0.909. The Kier molecular flexibility index (Phi) is 5.41. The zero-order valence-corrected chi connectivity index (χ0v) is 16.0. The summed E-state index contributed by atoms with van der Waals surface area (Å²) in [5, 5.41) is 5.04. The Hall–Kier alpha value is -2.61. The first-order valence-electron chi connectivity index (χ1n) is 8.07. The summed E-state index contributed by atoms with van der Waals surface area (Å²) in [7, 11) is 1.59. The van der Waals surface area contributed by atoms with Gasteiger partial charge in [0.2, 0.25) is 5.16 Å². The maximum Gasteiger partial charge on any atom is 0.310 e. The number of rotatable bonds is 6. The van der Waals surface area contributed by atoms with Gasteiger partial charge in [0.1, 0.15) is 12.4 Å². The van der Waals surface area contributed by atoms with Crippen molar-refractivity contribution in [2.75, 3.05) is 13.4 Å². The number of aromatic nitrogens is 4. The molecule has 0 aliphatic carbocycles. The molecule has 0 fully saturated rings. The van der Waals surface area contributed by atoms with Gasteiger partial charge >= 0.3 is 5.97 Å². The van der Waals surface area contributed by atoms with Crippen molar-refractivity contribution in [2.45, 2.75) is 32.0 Å². The Balaban J connectivity index is 1.76. The predicted octanol–water partition coefficient (Wildman–Crippen LogP) is 2.76. The molecule has 0 N–H and O–H groups in total. The zero-order chi connectivity index (χ0) is 18.7. The minimum atomic E-state index is -0.325. The summed E-state index contributed by atoms with van der Waals surface area (Å²) in [5.41, 5.74) is 3.23. The van der Waals surface area contributed by atoms with Gasteiger partial charge in [-0.2, -0.15) is 4.98 Å². The van der Waals surface area contributed by atoms with Gasteiger partial charge in [0, 0.05) is 22.5 Å². The number of esters is 1. The molecule has 0 spiro atoms. The van der Waals surface area contributed by atoms with E-state index in [1.54, 1.807) is 11.6 Å². The number of nitrogens with zero attached hydrogens (tertiary/aromatic N) is 4. The highest BCUT2D eigenvalue weighted by Gasteiger charge is 2.17. The van der Waals surface area contributed by atoms with Crippen molar-refractivity contribution in [3.05, 3.63) is 46.8 Å². The van der Waals surface area contributed by atoms with Gasteiger partial charge in [-0.1, -0.05) is 30.0 Å². The smallest absolute Gasteiger partial charge is 0.310 e. The van der Waals surface area contributed by atoms with Crippen LogP contribution in [0.2, 0.25) is 0 Å². The number of fused-ring (bicyclic) bond motifs is 1. The molecule has 0 saturated heterocycles. The van der Waals surface area contributed by atoms with Crippen LogP contribution in [0, 0.1) is 13.8 Å². The van der Waals surface area contributed by atoms with Crippen LogP contribution in [-0.2, 0) is 22.6 Å². The highest BCUT2D eigenvalue weighted by atomic mass is 32.2. The number of thioether (sulfide) groups is 1. The minimum Gasteiger partial charge on any atom is -0.496 e. The van der Waals surface area contributed by atoms with E-state index in [2.05, 4.69) is 15.1 Å². The van der Waals surface area contributed by atoms with Gasteiger partial charge in [0.25, 0.3) is 5.78 Å². The second-order valence-corrected chi connectivity index (χ2v) is 6.49. The number of carbonyl (C=O) groups is 1. The number of aryl methyl sites for hydroxylation is 2. The third kappa shape index (κ3) is 3.65. The minimum absolute atomic E-state index is 0.129. The lowest BCUT2D eigenvalue weighted by atomic mass is 10.1. The second kappa shape index (κ2) is 7.74. The van der Waals surface area contributed by atoms with E-state index in [4.69, 9.17) is 9.47 Å². The highest BCUT2D eigenvalue weighted by molar-refractivity contribution is 7.98. The van der Waals surface area contributed by atoms with Gasteiger partial charge in [-0.3, -0.25) is 4.79 Å². The Morgan fingerprint density at radius 1 is 1.23 bits per heavy atom. The summed E-state index contributed by atoms with van der Waals surface area (Å²) in [4.78, 5) is 21.1. The van der Waals surface area contributed by atoms with E-state index in [0.717, 1.165) is 22.5 Å². The third-order valence-electron chi connectivity index (χ3n) is 4.11. The van der Waals surface area contributed by atoms with Crippen molar-refractivity contribution < 1.29 is 14.3 Å². The van der Waals surface area contributed by atoms with Crippen LogP contribution in [0.3, 0.4) is 0 Å². The van der Waals surface area contributed by atoms with Gasteiger partial charge < -0.3 is 9.47 Å². The molecule has 8 heteroatoms. The summed E-state index contributed by atoms with van der Waals surface area (Å²) in [6.45, 7) is 3.93. The Bertz CT molecular complexity index is 955. The molecule has 26 heavy (non-hydrogen) atoms. The van der Waals surface area contributed by atoms with Gasteiger partial charge in [0.15, 0.2) is 0 Å². The van der Waals surface area contributed by atoms with Gasteiger partial charge in [-0.15, -0.1) is 5.10 Å². The van der Waals surface area contributed by atoms with E-state index in [-0.39, 0.29) is 19.0 Å². The number of benzene rings is 1. The molecular formula is C18H20N4O3S. The second-order valence-electron chi connectivity index (χ2n) is 5.72. The average molecular weight is 372 g/mol. The fourth-order valence-electron chi connectivity index (χ4n) is 2.71. The molecule has 0 saturated carbocycles. The normalized spacial score (nSPS) is 10.9. The molecule has 0 aliphatic heterocycles. The monoisotopic (exact) mass is 372 g/mol. The lowest BCUT2D eigenvalue weighted by Gasteiger charge is -2.11. The molecule has 0 bridgehead atoms. The first-order valence-corrected chi connectivity index (χ1v) is 9.30. The highest BCUT2D eigenvalue weighted by Crippen LogP contribution is 2.20. The molecule has 2 aromatic heterocycles. The first kappa shape index (κ1) is 18.2. The SMILES string of the molecule is COc1ccccc1COC(=O)Cc1c(C)nc2nc(SC)nn2c1C. The van der Waals surface area contributed by atoms with E-state index in [1.165, 1.54) is 11.8 Å². The van der Waals surface area contributed by atoms with Crippen molar-refractivity contribution in [3.63, 3.8) is 0 Å². The number of hydrogen-bond donors (Lipinski definition) is 0. The molecule has 0 radical (unpaired) electrons. The molecule has 0 amide bonds. The van der Waals surface area contributed by atoms with Crippen LogP contribution in [0.1, 0.15) is 22.5 Å². The van der Waals surface area contributed by atoms with Gasteiger partial charge in [0.05, 0.1) is 13.5 Å². The summed E-state index contributed by atoms with van der Waals surface area (Å²) in [6, 6.07) is 7.46. The number of ether oxygens (including phenoxy) is 2. The lowest BCUT2D eigenvalue weighted by Crippen LogP contribution is -2.13. The van der Waals surface area contributed by atoms with Crippen molar-refractivity contribution in [3.8, 4) is 5.75 Å². The molecule has 0 unspecified atom stereocenters.